The summed E-state index contributed by atoms with van der Waals surface area (Å²) < 4.78 is 35.7. The van der Waals surface area contributed by atoms with Gasteiger partial charge in [-0.15, -0.1) is 11.3 Å². The molecular formula is C13H16F3NO2S. The third-order valence-electron chi connectivity index (χ3n) is 3.39. The Labute approximate surface area is 119 Å². The first kappa shape index (κ1) is 15.3. The van der Waals surface area contributed by atoms with Crippen molar-refractivity contribution in [2.45, 2.75) is 38.8 Å². The zero-order chi connectivity index (χ0) is 14.8. The molecule has 1 N–H and O–H groups in total. The highest BCUT2D eigenvalue weighted by Gasteiger charge is 2.28. The normalized spacial score (nSPS) is 18.7. The maximum atomic E-state index is 11.9. The molecular weight excluding hydrogens is 291 g/mol. The minimum absolute atomic E-state index is 0.411. The van der Waals surface area contributed by atoms with Crippen molar-refractivity contribution in [2.24, 2.45) is 5.92 Å². The number of fused-ring (bicyclic) bond motifs is 1. The van der Waals surface area contributed by atoms with E-state index in [-0.39, 0.29) is 0 Å². The molecule has 2 rings (SSSR count). The second kappa shape index (κ2) is 6.13. The van der Waals surface area contributed by atoms with Crippen LogP contribution in [0.1, 0.15) is 39.9 Å². The molecule has 1 aliphatic carbocycles. The fraction of sp³-hybridized carbons (Fsp3) is 0.615. The number of carbonyl (C=O) groups excluding carboxylic acids is 1. The topological polar surface area (TPSA) is 38.3 Å². The zero-order valence-electron chi connectivity index (χ0n) is 11.0. The summed E-state index contributed by atoms with van der Waals surface area (Å²) >= 11 is 1.34. The van der Waals surface area contributed by atoms with E-state index in [1.165, 1.54) is 11.3 Å². The van der Waals surface area contributed by atoms with Gasteiger partial charge in [-0.2, -0.15) is 13.2 Å². The molecule has 0 aromatic carbocycles. The van der Waals surface area contributed by atoms with Crippen LogP contribution in [0.25, 0.3) is 0 Å². The smallest absolute Gasteiger partial charge is 0.266 e. The molecule has 1 aliphatic rings. The van der Waals surface area contributed by atoms with Crippen molar-refractivity contribution in [3.63, 3.8) is 0 Å². The van der Waals surface area contributed by atoms with Gasteiger partial charge in [0.05, 0.1) is 4.88 Å². The van der Waals surface area contributed by atoms with Gasteiger partial charge < -0.3 is 0 Å². The van der Waals surface area contributed by atoms with Gasteiger partial charge in [-0.3, -0.25) is 9.63 Å². The van der Waals surface area contributed by atoms with Crippen LogP contribution >= 0.6 is 11.3 Å². The number of alkyl halides is 3. The highest BCUT2D eigenvalue weighted by Crippen LogP contribution is 2.33. The van der Waals surface area contributed by atoms with Gasteiger partial charge >= 0.3 is 6.18 Å². The van der Waals surface area contributed by atoms with Crippen molar-refractivity contribution in [3.05, 3.63) is 21.4 Å². The molecule has 112 valence electrons. The molecule has 0 spiro atoms. The number of rotatable bonds is 4. The summed E-state index contributed by atoms with van der Waals surface area (Å²) in [5.74, 6) is 0.0242. The summed E-state index contributed by atoms with van der Waals surface area (Å²) in [6.45, 7) is 0.655. The van der Waals surface area contributed by atoms with Crippen LogP contribution in [0.4, 0.5) is 13.2 Å². The van der Waals surface area contributed by atoms with Crippen LogP contribution in [0.3, 0.4) is 0 Å². The summed E-state index contributed by atoms with van der Waals surface area (Å²) in [6, 6.07) is 1.77. The van der Waals surface area contributed by atoms with Gasteiger partial charge in [-0.25, -0.2) is 5.48 Å². The van der Waals surface area contributed by atoms with E-state index in [0.29, 0.717) is 10.8 Å². The Balaban J connectivity index is 1.93. The lowest BCUT2D eigenvalue weighted by Gasteiger charge is -2.19. The Morgan fingerprint density at radius 2 is 2.30 bits per heavy atom. The molecule has 1 aromatic heterocycles. The maximum absolute atomic E-state index is 11.9. The van der Waals surface area contributed by atoms with Gasteiger partial charge in [0.25, 0.3) is 5.91 Å². The Bertz CT molecular complexity index is 484. The van der Waals surface area contributed by atoms with E-state index in [4.69, 9.17) is 0 Å². The molecule has 1 atom stereocenters. The molecule has 0 saturated carbocycles. The van der Waals surface area contributed by atoms with Crippen LogP contribution in [0.15, 0.2) is 6.07 Å². The van der Waals surface area contributed by atoms with E-state index in [9.17, 15) is 18.0 Å². The molecule has 1 unspecified atom stereocenters. The fourth-order valence-corrected chi connectivity index (χ4v) is 3.39. The standard InChI is InChI=1S/C13H16F3NO2S/c1-2-8-3-4-10-9(5-8)6-11(20-10)12(18)17-19-7-13(14,15)16/h6,8H,2-5,7H2,1H3,(H,17,18). The Morgan fingerprint density at radius 3 is 2.95 bits per heavy atom. The van der Waals surface area contributed by atoms with Gasteiger partial charge in [-0.1, -0.05) is 13.3 Å². The summed E-state index contributed by atoms with van der Waals surface area (Å²) in [5, 5.41) is 0. The highest BCUT2D eigenvalue weighted by molar-refractivity contribution is 7.14. The first-order chi connectivity index (χ1) is 9.39. The molecule has 1 amide bonds. The van der Waals surface area contributed by atoms with E-state index in [1.807, 2.05) is 5.48 Å². The van der Waals surface area contributed by atoms with Crippen LogP contribution in [0.5, 0.6) is 0 Å². The number of thiophene rings is 1. The average molecular weight is 307 g/mol. The third kappa shape index (κ3) is 3.96. The first-order valence-electron chi connectivity index (χ1n) is 6.49. The lowest BCUT2D eigenvalue weighted by Crippen LogP contribution is -2.29. The van der Waals surface area contributed by atoms with E-state index in [2.05, 4.69) is 11.8 Å². The zero-order valence-corrected chi connectivity index (χ0v) is 11.9. The van der Waals surface area contributed by atoms with Crippen molar-refractivity contribution in [1.29, 1.82) is 0 Å². The van der Waals surface area contributed by atoms with Crippen molar-refractivity contribution in [2.75, 3.05) is 6.61 Å². The Morgan fingerprint density at radius 1 is 1.55 bits per heavy atom. The number of amides is 1. The lowest BCUT2D eigenvalue weighted by atomic mass is 9.87. The molecule has 0 fully saturated rings. The fourth-order valence-electron chi connectivity index (χ4n) is 2.29. The maximum Gasteiger partial charge on any atom is 0.414 e. The molecule has 0 saturated heterocycles. The van der Waals surface area contributed by atoms with Gasteiger partial charge in [0.15, 0.2) is 6.61 Å². The van der Waals surface area contributed by atoms with Gasteiger partial charge in [-0.05, 0) is 36.8 Å². The second-order valence-electron chi connectivity index (χ2n) is 4.91. The van der Waals surface area contributed by atoms with Crippen molar-refractivity contribution < 1.29 is 22.8 Å². The van der Waals surface area contributed by atoms with Crippen LogP contribution in [0, 0.1) is 5.92 Å². The summed E-state index contributed by atoms with van der Waals surface area (Å²) in [5.41, 5.74) is 2.99. The van der Waals surface area contributed by atoms with Crippen LogP contribution in [-0.2, 0) is 17.7 Å². The predicted molar refractivity (Wildman–Crippen MR) is 69.6 cm³/mol. The van der Waals surface area contributed by atoms with Crippen molar-refractivity contribution in [1.82, 2.24) is 5.48 Å². The Hall–Kier alpha value is -1.08. The quantitative estimate of drug-likeness (QED) is 0.865. The molecule has 1 aromatic rings. The molecule has 20 heavy (non-hydrogen) atoms. The number of halogens is 3. The molecule has 0 aliphatic heterocycles. The Kier molecular flexibility index (Phi) is 4.70. The van der Waals surface area contributed by atoms with E-state index in [0.717, 1.165) is 36.1 Å². The third-order valence-corrected chi connectivity index (χ3v) is 4.62. The van der Waals surface area contributed by atoms with Crippen LogP contribution < -0.4 is 5.48 Å². The van der Waals surface area contributed by atoms with Crippen LogP contribution in [0.2, 0.25) is 0 Å². The number of hydroxylamine groups is 1. The van der Waals surface area contributed by atoms with Crippen molar-refractivity contribution in [3.8, 4) is 0 Å². The minimum Gasteiger partial charge on any atom is -0.266 e. The average Bonchev–Trinajstić information content (AvgIpc) is 2.79. The van der Waals surface area contributed by atoms with Gasteiger partial charge in [0.2, 0.25) is 0 Å². The predicted octanol–water partition coefficient (Wildman–Crippen LogP) is 3.49. The molecule has 1 heterocycles. The van der Waals surface area contributed by atoms with Gasteiger partial charge in [0, 0.05) is 4.88 Å². The second-order valence-corrected chi connectivity index (χ2v) is 6.05. The van der Waals surface area contributed by atoms with E-state index >= 15 is 0 Å². The SMILES string of the molecule is CCC1CCc2sc(C(=O)NOCC(F)(F)F)cc2C1. The first-order valence-corrected chi connectivity index (χ1v) is 7.31. The summed E-state index contributed by atoms with van der Waals surface area (Å²) in [6.07, 6.45) is -0.355. The molecule has 0 bridgehead atoms. The highest BCUT2D eigenvalue weighted by atomic mass is 32.1. The lowest BCUT2D eigenvalue weighted by molar-refractivity contribution is -0.184. The number of carbonyl (C=O) groups is 1. The minimum atomic E-state index is -4.45. The summed E-state index contributed by atoms with van der Waals surface area (Å²) in [7, 11) is 0. The number of hydrogen-bond donors (Lipinski definition) is 1. The summed E-state index contributed by atoms with van der Waals surface area (Å²) in [4.78, 5) is 17.5. The van der Waals surface area contributed by atoms with E-state index < -0.39 is 18.7 Å². The molecule has 0 radical (unpaired) electrons. The largest absolute Gasteiger partial charge is 0.414 e. The number of hydrogen-bond acceptors (Lipinski definition) is 3. The number of aryl methyl sites for hydroxylation is 1. The monoisotopic (exact) mass is 307 g/mol. The van der Waals surface area contributed by atoms with Gasteiger partial charge in [0.1, 0.15) is 0 Å². The molecule has 3 nitrogen and oxygen atoms in total. The van der Waals surface area contributed by atoms with Crippen LogP contribution in [-0.4, -0.2) is 18.7 Å². The van der Waals surface area contributed by atoms with E-state index in [1.54, 1.807) is 6.07 Å². The van der Waals surface area contributed by atoms with Crippen molar-refractivity contribution >= 4 is 17.2 Å². The molecule has 7 heteroatoms. The number of nitrogens with one attached hydrogen (secondary N) is 1.